The van der Waals surface area contributed by atoms with Gasteiger partial charge in [0, 0.05) is 12.0 Å². The maximum absolute atomic E-state index is 14.2. The molecule has 1 atom stereocenters. The molecule has 1 aromatic rings. The Balaban J connectivity index is 3.19. The number of benzene rings is 1. The van der Waals surface area contributed by atoms with Gasteiger partial charge in [0.25, 0.3) is 5.92 Å². The van der Waals surface area contributed by atoms with Crippen molar-refractivity contribution in [3.05, 3.63) is 47.5 Å². The molecule has 0 heterocycles. The largest absolute Gasteiger partial charge is 0.463 e. The molecule has 0 saturated carbocycles. The predicted octanol–water partition coefficient (Wildman–Crippen LogP) is 4.24. The standard InChI is InChI=1S/C16H20F2O2/c1-5-16(17,18)14(12(4)15(19)20-6-2)13-9-7-11(3)8-10-13/h7-10,14H,4-6H2,1-3H3/t14-/m0/s1. The second-order valence-electron chi connectivity index (χ2n) is 4.70. The smallest absolute Gasteiger partial charge is 0.334 e. The van der Waals surface area contributed by atoms with Gasteiger partial charge >= 0.3 is 5.97 Å². The van der Waals surface area contributed by atoms with Crippen molar-refractivity contribution in [2.24, 2.45) is 0 Å². The minimum absolute atomic E-state index is 0.135. The van der Waals surface area contributed by atoms with Crippen LogP contribution in [0, 0.1) is 6.92 Å². The van der Waals surface area contributed by atoms with E-state index >= 15 is 0 Å². The highest BCUT2D eigenvalue weighted by atomic mass is 19.3. The Morgan fingerprint density at radius 3 is 2.30 bits per heavy atom. The first kappa shape index (κ1) is 16.3. The summed E-state index contributed by atoms with van der Waals surface area (Å²) >= 11 is 0. The molecular formula is C16H20F2O2. The number of hydrogen-bond acceptors (Lipinski definition) is 2. The van der Waals surface area contributed by atoms with Gasteiger partial charge in [0.1, 0.15) is 0 Å². The fourth-order valence-electron chi connectivity index (χ4n) is 2.00. The van der Waals surface area contributed by atoms with Crippen LogP contribution in [0.15, 0.2) is 36.4 Å². The van der Waals surface area contributed by atoms with E-state index in [1.54, 1.807) is 31.2 Å². The molecule has 0 radical (unpaired) electrons. The lowest BCUT2D eigenvalue weighted by atomic mass is 9.84. The molecule has 1 aromatic carbocycles. The van der Waals surface area contributed by atoms with Crippen LogP contribution in [-0.4, -0.2) is 18.5 Å². The third-order valence-corrected chi connectivity index (χ3v) is 3.19. The average Bonchev–Trinajstić information content (AvgIpc) is 2.41. The van der Waals surface area contributed by atoms with Gasteiger partial charge in [-0.1, -0.05) is 43.3 Å². The maximum atomic E-state index is 14.2. The number of carbonyl (C=O) groups excluding carboxylic acids is 1. The number of rotatable bonds is 6. The highest BCUT2D eigenvalue weighted by Crippen LogP contribution is 2.41. The Morgan fingerprint density at radius 1 is 1.30 bits per heavy atom. The maximum Gasteiger partial charge on any atom is 0.334 e. The summed E-state index contributed by atoms with van der Waals surface area (Å²) in [6, 6.07) is 6.70. The van der Waals surface area contributed by atoms with Crippen molar-refractivity contribution in [2.75, 3.05) is 6.61 Å². The van der Waals surface area contributed by atoms with E-state index in [1.165, 1.54) is 6.92 Å². The molecule has 0 amide bonds. The van der Waals surface area contributed by atoms with E-state index in [9.17, 15) is 13.6 Å². The van der Waals surface area contributed by atoms with Crippen molar-refractivity contribution in [3.63, 3.8) is 0 Å². The minimum Gasteiger partial charge on any atom is -0.463 e. The summed E-state index contributed by atoms with van der Waals surface area (Å²) < 4.78 is 33.2. The predicted molar refractivity (Wildman–Crippen MR) is 74.9 cm³/mol. The van der Waals surface area contributed by atoms with Crippen molar-refractivity contribution in [1.82, 2.24) is 0 Å². The van der Waals surface area contributed by atoms with E-state index in [1.807, 2.05) is 6.92 Å². The minimum atomic E-state index is -3.04. The van der Waals surface area contributed by atoms with E-state index < -0.39 is 17.8 Å². The zero-order chi connectivity index (χ0) is 15.3. The summed E-state index contributed by atoms with van der Waals surface area (Å²) in [5.74, 6) is -5.17. The summed E-state index contributed by atoms with van der Waals surface area (Å²) in [5, 5.41) is 0. The van der Waals surface area contributed by atoms with Crippen LogP contribution in [0.2, 0.25) is 0 Å². The first-order valence-electron chi connectivity index (χ1n) is 6.63. The first-order valence-corrected chi connectivity index (χ1v) is 6.63. The average molecular weight is 282 g/mol. The van der Waals surface area contributed by atoms with Crippen molar-refractivity contribution < 1.29 is 18.3 Å². The lowest BCUT2D eigenvalue weighted by molar-refractivity contribution is -0.140. The molecule has 0 aliphatic rings. The Kier molecular flexibility index (Phi) is 5.43. The van der Waals surface area contributed by atoms with Gasteiger partial charge in [-0.25, -0.2) is 13.6 Å². The van der Waals surface area contributed by atoms with Crippen LogP contribution in [0.3, 0.4) is 0 Å². The molecule has 0 spiro atoms. The van der Waals surface area contributed by atoms with Gasteiger partial charge < -0.3 is 4.74 Å². The fraction of sp³-hybridized carbons (Fsp3) is 0.438. The van der Waals surface area contributed by atoms with Gasteiger partial charge in [0.15, 0.2) is 0 Å². The van der Waals surface area contributed by atoms with Crippen LogP contribution < -0.4 is 0 Å². The van der Waals surface area contributed by atoms with Crippen LogP contribution in [-0.2, 0) is 9.53 Å². The van der Waals surface area contributed by atoms with Crippen LogP contribution in [0.25, 0.3) is 0 Å². The summed E-state index contributed by atoms with van der Waals surface area (Å²) in [5.41, 5.74) is 1.14. The van der Waals surface area contributed by atoms with Gasteiger partial charge in [0.2, 0.25) is 0 Å². The highest BCUT2D eigenvalue weighted by Gasteiger charge is 2.42. The quantitative estimate of drug-likeness (QED) is 0.576. The van der Waals surface area contributed by atoms with Crippen molar-refractivity contribution in [2.45, 2.75) is 39.0 Å². The van der Waals surface area contributed by atoms with E-state index in [-0.39, 0.29) is 18.6 Å². The molecule has 0 fully saturated rings. The van der Waals surface area contributed by atoms with Crippen molar-refractivity contribution in [1.29, 1.82) is 0 Å². The topological polar surface area (TPSA) is 26.3 Å². The molecule has 0 aliphatic heterocycles. The molecule has 0 N–H and O–H groups in total. The number of aryl methyl sites for hydroxylation is 1. The summed E-state index contributed by atoms with van der Waals surface area (Å²) in [4.78, 5) is 11.7. The third kappa shape index (κ3) is 3.65. The van der Waals surface area contributed by atoms with Crippen LogP contribution in [0.5, 0.6) is 0 Å². The summed E-state index contributed by atoms with van der Waals surface area (Å²) in [7, 11) is 0. The first-order chi connectivity index (χ1) is 9.33. The van der Waals surface area contributed by atoms with Crippen LogP contribution in [0.1, 0.15) is 37.3 Å². The number of hydrogen-bond donors (Lipinski definition) is 0. The number of esters is 1. The molecule has 20 heavy (non-hydrogen) atoms. The Labute approximate surface area is 118 Å². The number of carbonyl (C=O) groups is 1. The lowest BCUT2D eigenvalue weighted by Crippen LogP contribution is -2.30. The van der Waals surface area contributed by atoms with E-state index in [2.05, 4.69) is 6.58 Å². The molecule has 0 bridgehead atoms. The molecule has 0 aromatic heterocycles. The SMILES string of the molecule is C=C(C(=O)OCC)[C@@H](c1ccc(C)cc1)C(F)(F)CC. The normalized spacial score (nSPS) is 12.8. The number of ether oxygens (including phenoxy) is 1. The molecule has 1 rings (SSSR count). The van der Waals surface area contributed by atoms with Gasteiger partial charge in [0.05, 0.1) is 12.5 Å². The van der Waals surface area contributed by atoms with Gasteiger partial charge in [-0.15, -0.1) is 0 Å². The zero-order valence-electron chi connectivity index (χ0n) is 12.1. The summed E-state index contributed by atoms with van der Waals surface area (Å²) in [6.45, 7) is 8.56. The van der Waals surface area contributed by atoms with Gasteiger partial charge in [-0.3, -0.25) is 0 Å². The zero-order valence-corrected chi connectivity index (χ0v) is 12.1. The Morgan fingerprint density at radius 2 is 1.85 bits per heavy atom. The molecule has 0 saturated heterocycles. The highest BCUT2D eigenvalue weighted by molar-refractivity contribution is 5.89. The Bertz CT molecular complexity index is 478. The molecule has 2 nitrogen and oxygen atoms in total. The fourth-order valence-corrected chi connectivity index (χ4v) is 2.00. The van der Waals surface area contributed by atoms with E-state index in [0.29, 0.717) is 5.56 Å². The van der Waals surface area contributed by atoms with Gasteiger partial charge in [-0.2, -0.15) is 0 Å². The second kappa shape index (κ2) is 6.64. The Hall–Kier alpha value is -1.71. The monoisotopic (exact) mass is 282 g/mol. The molecule has 0 unspecified atom stereocenters. The van der Waals surface area contributed by atoms with Crippen molar-refractivity contribution >= 4 is 5.97 Å². The molecule has 0 aliphatic carbocycles. The summed E-state index contributed by atoms with van der Waals surface area (Å²) in [6.07, 6.45) is -0.371. The number of alkyl halides is 2. The number of halogens is 2. The van der Waals surface area contributed by atoms with Gasteiger partial charge in [-0.05, 0) is 19.4 Å². The van der Waals surface area contributed by atoms with Crippen LogP contribution in [0.4, 0.5) is 8.78 Å². The lowest BCUT2D eigenvalue weighted by Gasteiger charge is -2.27. The third-order valence-electron chi connectivity index (χ3n) is 3.19. The molecule has 110 valence electrons. The molecular weight excluding hydrogens is 262 g/mol. The van der Waals surface area contributed by atoms with E-state index in [0.717, 1.165) is 5.56 Å². The van der Waals surface area contributed by atoms with E-state index in [4.69, 9.17) is 4.74 Å². The molecule has 4 heteroatoms. The second-order valence-corrected chi connectivity index (χ2v) is 4.70. The van der Waals surface area contributed by atoms with Crippen molar-refractivity contribution in [3.8, 4) is 0 Å². The van der Waals surface area contributed by atoms with Crippen LogP contribution >= 0.6 is 0 Å².